The summed E-state index contributed by atoms with van der Waals surface area (Å²) in [6.07, 6.45) is 12.5. The molecule has 4 rings (SSSR count). The lowest BCUT2D eigenvalue weighted by molar-refractivity contribution is 0.663. The van der Waals surface area contributed by atoms with Crippen LogP contribution in [0, 0.1) is 0 Å². The van der Waals surface area contributed by atoms with Crippen molar-refractivity contribution in [2.75, 3.05) is 10.6 Å². The molecule has 6 heteroatoms. The lowest BCUT2D eigenvalue weighted by atomic mass is 10.1. The number of hydrogen-bond donors (Lipinski definition) is 1. The van der Waals surface area contributed by atoms with E-state index in [2.05, 4.69) is 32.9 Å². The SMILES string of the molecule is C/C=C1\c2cncn2-c2cnc(N)nc2N1C1CCCC1. The maximum absolute atomic E-state index is 5.83. The van der Waals surface area contributed by atoms with Crippen LogP contribution in [0.3, 0.4) is 0 Å². The van der Waals surface area contributed by atoms with Crippen LogP contribution in [0.15, 0.2) is 24.8 Å². The van der Waals surface area contributed by atoms with Crippen LogP contribution in [0.4, 0.5) is 11.8 Å². The molecule has 2 N–H and O–H groups in total. The summed E-state index contributed by atoms with van der Waals surface area (Å²) in [7, 11) is 0. The molecule has 0 spiro atoms. The minimum Gasteiger partial charge on any atom is -0.368 e. The number of fused-ring (bicyclic) bond motifs is 3. The fraction of sp³-hybridized carbons (Fsp3) is 0.400. The van der Waals surface area contributed by atoms with Gasteiger partial charge in [0.1, 0.15) is 5.69 Å². The van der Waals surface area contributed by atoms with Crippen LogP contribution in [0.5, 0.6) is 0 Å². The van der Waals surface area contributed by atoms with E-state index in [0.29, 0.717) is 12.0 Å². The fourth-order valence-corrected chi connectivity index (χ4v) is 3.46. The first kappa shape index (κ1) is 12.4. The molecule has 21 heavy (non-hydrogen) atoms. The molecule has 1 saturated carbocycles. The highest BCUT2D eigenvalue weighted by atomic mass is 15.3. The van der Waals surface area contributed by atoms with Gasteiger partial charge in [-0.3, -0.25) is 4.57 Å². The van der Waals surface area contributed by atoms with Crippen molar-refractivity contribution in [1.29, 1.82) is 0 Å². The molecule has 0 radical (unpaired) electrons. The summed E-state index contributed by atoms with van der Waals surface area (Å²) in [5.74, 6) is 1.21. The zero-order chi connectivity index (χ0) is 14.4. The van der Waals surface area contributed by atoms with Gasteiger partial charge in [-0.15, -0.1) is 0 Å². The Labute approximate surface area is 123 Å². The predicted octanol–water partition coefficient (Wildman–Crippen LogP) is 2.37. The Bertz CT molecular complexity index is 711. The average Bonchev–Trinajstić information content (AvgIpc) is 3.16. The predicted molar refractivity (Wildman–Crippen MR) is 82.0 cm³/mol. The van der Waals surface area contributed by atoms with Crippen molar-refractivity contribution >= 4 is 17.5 Å². The first-order valence-electron chi connectivity index (χ1n) is 7.40. The summed E-state index contributed by atoms with van der Waals surface area (Å²) in [6.45, 7) is 2.06. The normalized spacial score (nSPS) is 19.9. The Morgan fingerprint density at radius 2 is 2.10 bits per heavy atom. The Morgan fingerprint density at radius 1 is 1.29 bits per heavy atom. The summed E-state index contributed by atoms with van der Waals surface area (Å²) in [5.41, 5.74) is 9.03. The van der Waals surface area contributed by atoms with Crippen molar-refractivity contribution < 1.29 is 0 Å². The van der Waals surface area contributed by atoms with E-state index in [1.165, 1.54) is 25.7 Å². The zero-order valence-corrected chi connectivity index (χ0v) is 12.0. The fourth-order valence-electron chi connectivity index (χ4n) is 3.46. The maximum Gasteiger partial charge on any atom is 0.222 e. The molecule has 0 unspecified atom stereocenters. The molecule has 1 fully saturated rings. The van der Waals surface area contributed by atoms with Gasteiger partial charge in [-0.25, -0.2) is 9.97 Å². The van der Waals surface area contributed by atoms with Crippen LogP contribution < -0.4 is 10.6 Å². The van der Waals surface area contributed by atoms with Gasteiger partial charge in [0, 0.05) is 6.04 Å². The lowest BCUT2D eigenvalue weighted by Crippen LogP contribution is -2.36. The smallest absolute Gasteiger partial charge is 0.222 e. The molecular weight excluding hydrogens is 264 g/mol. The Balaban J connectivity index is 1.96. The van der Waals surface area contributed by atoms with Gasteiger partial charge in [-0.2, -0.15) is 4.98 Å². The standard InChI is InChI=1S/C15H18N6/c1-2-11-12-7-17-9-20(12)13-8-18-15(16)19-14(13)21(11)10-5-3-4-6-10/h2,7-10H,3-6H2,1H3,(H2,16,18,19)/b11-2+. The van der Waals surface area contributed by atoms with Crippen molar-refractivity contribution in [3.8, 4) is 5.69 Å². The maximum atomic E-state index is 5.83. The lowest BCUT2D eigenvalue weighted by Gasteiger charge is -2.37. The molecule has 0 aromatic carbocycles. The number of imidazole rings is 1. The number of nitrogens with zero attached hydrogens (tertiary/aromatic N) is 5. The van der Waals surface area contributed by atoms with Crippen LogP contribution in [0.2, 0.25) is 0 Å². The van der Waals surface area contributed by atoms with E-state index in [4.69, 9.17) is 5.73 Å². The molecule has 6 nitrogen and oxygen atoms in total. The summed E-state index contributed by atoms with van der Waals surface area (Å²) in [4.78, 5) is 15.3. The molecule has 1 aliphatic heterocycles. The van der Waals surface area contributed by atoms with E-state index in [9.17, 15) is 0 Å². The first-order valence-corrected chi connectivity index (χ1v) is 7.40. The third-order valence-electron chi connectivity index (χ3n) is 4.38. The monoisotopic (exact) mass is 282 g/mol. The Morgan fingerprint density at radius 3 is 2.86 bits per heavy atom. The second kappa shape index (κ2) is 4.58. The van der Waals surface area contributed by atoms with Gasteiger partial charge in [0.15, 0.2) is 5.82 Å². The number of anilines is 2. The van der Waals surface area contributed by atoms with Crippen LogP contribution >= 0.6 is 0 Å². The molecule has 2 aromatic rings. The molecule has 1 aliphatic carbocycles. The topological polar surface area (TPSA) is 72.9 Å². The number of nitrogens with two attached hydrogens (primary N) is 1. The quantitative estimate of drug-likeness (QED) is 0.869. The molecule has 3 heterocycles. The molecular formula is C15H18N6. The van der Waals surface area contributed by atoms with E-state index in [-0.39, 0.29) is 0 Å². The number of rotatable bonds is 1. The summed E-state index contributed by atoms with van der Waals surface area (Å²) < 4.78 is 2.04. The second-order valence-electron chi connectivity index (χ2n) is 5.57. The first-order chi connectivity index (χ1) is 10.3. The molecule has 2 aromatic heterocycles. The number of allylic oxidation sites excluding steroid dienone is 1. The van der Waals surface area contributed by atoms with E-state index in [1.807, 2.05) is 17.1 Å². The van der Waals surface area contributed by atoms with Crippen molar-refractivity contribution in [2.45, 2.75) is 38.6 Å². The van der Waals surface area contributed by atoms with Crippen molar-refractivity contribution in [3.63, 3.8) is 0 Å². The van der Waals surface area contributed by atoms with Gasteiger partial charge in [-0.05, 0) is 19.8 Å². The average molecular weight is 282 g/mol. The van der Waals surface area contributed by atoms with Gasteiger partial charge < -0.3 is 10.6 Å². The number of aromatic nitrogens is 4. The number of hydrogen-bond acceptors (Lipinski definition) is 5. The van der Waals surface area contributed by atoms with Gasteiger partial charge in [0.2, 0.25) is 5.95 Å². The molecule has 0 bridgehead atoms. The minimum atomic E-state index is 0.316. The third kappa shape index (κ3) is 1.75. The van der Waals surface area contributed by atoms with Crippen LogP contribution in [-0.2, 0) is 0 Å². The van der Waals surface area contributed by atoms with Crippen molar-refractivity contribution in [2.24, 2.45) is 0 Å². The van der Waals surface area contributed by atoms with Gasteiger partial charge in [0.05, 0.1) is 30.1 Å². The summed E-state index contributed by atoms with van der Waals surface area (Å²) >= 11 is 0. The highest BCUT2D eigenvalue weighted by Crippen LogP contribution is 2.41. The molecule has 0 atom stereocenters. The second-order valence-corrected chi connectivity index (χ2v) is 5.57. The van der Waals surface area contributed by atoms with E-state index in [1.54, 1.807) is 6.20 Å². The van der Waals surface area contributed by atoms with Gasteiger partial charge >= 0.3 is 0 Å². The van der Waals surface area contributed by atoms with Gasteiger partial charge in [-0.1, -0.05) is 18.9 Å². The Hall–Kier alpha value is -2.37. The van der Waals surface area contributed by atoms with Crippen LogP contribution in [0.25, 0.3) is 11.4 Å². The molecule has 0 saturated heterocycles. The van der Waals surface area contributed by atoms with Crippen LogP contribution in [0.1, 0.15) is 38.3 Å². The van der Waals surface area contributed by atoms with E-state index in [0.717, 1.165) is 22.9 Å². The van der Waals surface area contributed by atoms with Crippen molar-refractivity contribution in [3.05, 3.63) is 30.5 Å². The summed E-state index contributed by atoms with van der Waals surface area (Å²) in [5, 5.41) is 0. The Kier molecular flexibility index (Phi) is 2.70. The minimum absolute atomic E-state index is 0.316. The van der Waals surface area contributed by atoms with E-state index >= 15 is 0 Å². The highest BCUT2D eigenvalue weighted by Gasteiger charge is 2.34. The molecule has 0 amide bonds. The third-order valence-corrected chi connectivity index (χ3v) is 4.38. The van der Waals surface area contributed by atoms with Gasteiger partial charge in [0.25, 0.3) is 0 Å². The van der Waals surface area contributed by atoms with Crippen molar-refractivity contribution in [1.82, 2.24) is 19.5 Å². The zero-order valence-electron chi connectivity index (χ0n) is 12.0. The molecule has 108 valence electrons. The molecule has 2 aliphatic rings. The number of nitrogen functional groups attached to an aromatic ring is 1. The van der Waals surface area contributed by atoms with Crippen LogP contribution in [-0.4, -0.2) is 25.6 Å². The van der Waals surface area contributed by atoms with E-state index < -0.39 is 0 Å². The summed E-state index contributed by atoms with van der Waals surface area (Å²) in [6, 6.07) is 0.480. The largest absolute Gasteiger partial charge is 0.368 e. The highest BCUT2D eigenvalue weighted by molar-refractivity contribution is 5.85.